The summed E-state index contributed by atoms with van der Waals surface area (Å²) in [6.07, 6.45) is 2.60. The molecule has 0 aromatic heterocycles. The Balaban J connectivity index is 2.02. The lowest BCUT2D eigenvalue weighted by Crippen LogP contribution is -2.39. The molecule has 0 saturated carbocycles. The van der Waals surface area contributed by atoms with E-state index in [4.69, 9.17) is 0 Å². The van der Waals surface area contributed by atoms with Gasteiger partial charge in [0.05, 0.1) is 5.56 Å². The summed E-state index contributed by atoms with van der Waals surface area (Å²) in [4.78, 5) is 29.0. The van der Waals surface area contributed by atoms with Gasteiger partial charge in [-0.25, -0.2) is 0 Å². The molecule has 0 radical (unpaired) electrons. The fourth-order valence-corrected chi connectivity index (χ4v) is 3.50. The molecule has 1 fully saturated rings. The summed E-state index contributed by atoms with van der Waals surface area (Å²) in [5, 5.41) is 0. The predicted molar refractivity (Wildman–Crippen MR) is 95.3 cm³/mol. The van der Waals surface area contributed by atoms with Crippen LogP contribution in [-0.2, 0) is 4.79 Å². The van der Waals surface area contributed by atoms with E-state index in [1.165, 1.54) is 0 Å². The van der Waals surface area contributed by atoms with Crippen molar-refractivity contribution in [2.75, 3.05) is 26.2 Å². The molecule has 1 aromatic carbocycles. The first-order valence-electron chi connectivity index (χ1n) is 8.41. The summed E-state index contributed by atoms with van der Waals surface area (Å²) in [5.41, 5.74) is 0.687. The summed E-state index contributed by atoms with van der Waals surface area (Å²) in [5.74, 6) is 0.389. The van der Waals surface area contributed by atoms with Crippen LogP contribution in [0, 0.1) is 5.92 Å². The van der Waals surface area contributed by atoms with Crippen molar-refractivity contribution < 1.29 is 9.59 Å². The van der Waals surface area contributed by atoms with Crippen molar-refractivity contribution in [3.63, 3.8) is 0 Å². The van der Waals surface area contributed by atoms with Gasteiger partial charge in [-0.05, 0) is 47.3 Å². The van der Waals surface area contributed by atoms with Gasteiger partial charge in [0.25, 0.3) is 5.91 Å². The van der Waals surface area contributed by atoms with Crippen LogP contribution >= 0.6 is 15.9 Å². The number of halogens is 1. The zero-order valence-electron chi connectivity index (χ0n) is 13.9. The average Bonchev–Trinajstić information content (AvgIpc) is 2.81. The standard InChI is InChI=1S/C18H25BrN2O2/c1-3-14(4-2)17(22)20-10-7-11-21(13-12-20)18(23)15-8-5-6-9-16(15)19/h5-6,8-9,14H,3-4,7,10-13H2,1-2H3. The number of hydrogen-bond donors (Lipinski definition) is 0. The van der Waals surface area contributed by atoms with Gasteiger partial charge >= 0.3 is 0 Å². The second-order valence-electron chi connectivity index (χ2n) is 5.96. The number of nitrogens with zero attached hydrogens (tertiary/aromatic N) is 2. The molecule has 0 aliphatic carbocycles. The highest BCUT2D eigenvalue weighted by Gasteiger charge is 2.26. The van der Waals surface area contributed by atoms with Gasteiger partial charge < -0.3 is 9.80 Å². The highest BCUT2D eigenvalue weighted by molar-refractivity contribution is 9.10. The fraction of sp³-hybridized carbons (Fsp3) is 0.556. The van der Waals surface area contributed by atoms with Crippen molar-refractivity contribution in [3.8, 4) is 0 Å². The maximum absolute atomic E-state index is 12.7. The monoisotopic (exact) mass is 380 g/mol. The van der Waals surface area contributed by atoms with Crippen LogP contribution in [-0.4, -0.2) is 47.8 Å². The lowest BCUT2D eigenvalue weighted by Gasteiger charge is -2.25. The van der Waals surface area contributed by atoms with Gasteiger partial charge in [0.1, 0.15) is 0 Å². The molecule has 1 saturated heterocycles. The Labute approximate surface area is 147 Å². The van der Waals surface area contributed by atoms with Crippen molar-refractivity contribution >= 4 is 27.7 Å². The topological polar surface area (TPSA) is 40.6 Å². The number of carbonyl (C=O) groups excluding carboxylic acids is 2. The summed E-state index contributed by atoms with van der Waals surface area (Å²) in [6.45, 7) is 6.80. The van der Waals surface area contributed by atoms with Crippen LogP contribution in [0.5, 0.6) is 0 Å². The Morgan fingerprint density at radius 2 is 1.65 bits per heavy atom. The van der Waals surface area contributed by atoms with E-state index in [2.05, 4.69) is 29.8 Å². The van der Waals surface area contributed by atoms with Crippen molar-refractivity contribution in [2.24, 2.45) is 5.92 Å². The van der Waals surface area contributed by atoms with Gasteiger partial charge in [-0.3, -0.25) is 9.59 Å². The van der Waals surface area contributed by atoms with E-state index in [-0.39, 0.29) is 17.7 Å². The molecular formula is C18H25BrN2O2. The molecule has 0 spiro atoms. The fourth-order valence-electron chi connectivity index (χ4n) is 3.04. The maximum Gasteiger partial charge on any atom is 0.255 e. The second-order valence-corrected chi connectivity index (χ2v) is 6.82. The van der Waals surface area contributed by atoms with Crippen LogP contribution in [0.25, 0.3) is 0 Å². The number of benzene rings is 1. The van der Waals surface area contributed by atoms with Crippen molar-refractivity contribution in [2.45, 2.75) is 33.1 Å². The molecular weight excluding hydrogens is 356 g/mol. The molecule has 1 aliphatic rings. The molecule has 1 aromatic rings. The highest BCUT2D eigenvalue weighted by atomic mass is 79.9. The van der Waals surface area contributed by atoms with E-state index in [1.807, 2.05) is 34.1 Å². The van der Waals surface area contributed by atoms with Gasteiger partial charge in [0.2, 0.25) is 5.91 Å². The number of amides is 2. The Hall–Kier alpha value is -1.36. The molecule has 1 heterocycles. The molecule has 2 amide bonds. The zero-order chi connectivity index (χ0) is 16.8. The van der Waals surface area contributed by atoms with Crippen molar-refractivity contribution in [1.29, 1.82) is 0 Å². The second kappa shape index (κ2) is 8.48. The lowest BCUT2D eigenvalue weighted by atomic mass is 10.0. The summed E-state index contributed by atoms with van der Waals surface area (Å²) in [6, 6.07) is 7.50. The predicted octanol–water partition coefficient (Wildman–Crippen LogP) is 3.56. The lowest BCUT2D eigenvalue weighted by molar-refractivity contribution is -0.135. The van der Waals surface area contributed by atoms with E-state index in [0.29, 0.717) is 25.2 Å². The summed E-state index contributed by atoms with van der Waals surface area (Å²) in [7, 11) is 0. The molecule has 126 valence electrons. The highest BCUT2D eigenvalue weighted by Crippen LogP contribution is 2.19. The molecule has 0 N–H and O–H groups in total. The normalized spacial score (nSPS) is 15.7. The Kier molecular flexibility index (Phi) is 6.63. The van der Waals surface area contributed by atoms with Crippen LogP contribution in [0.1, 0.15) is 43.5 Å². The van der Waals surface area contributed by atoms with E-state index in [1.54, 1.807) is 0 Å². The average molecular weight is 381 g/mol. The third-order valence-corrected chi connectivity index (χ3v) is 5.23. The molecule has 0 atom stereocenters. The van der Waals surface area contributed by atoms with E-state index >= 15 is 0 Å². The largest absolute Gasteiger partial charge is 0.341 e. The minimum atomic E-state index is 0.0364. The van der Waals surface area contributed by atoms with Crippen molar-refractivity contribution in [1.82, 2.24) is 9.80 Å². The van der Waals surface area contributed by atoms with Crippen LogP contribution in [0.15, 0.2) is 28.7 Å². The zero-order valence-corrected chi connectivity index (χ0v) is 15.5. The molecule has 2 rings (SSSR count). The molecule has 4 nitrogen and oxygen atoms in total. The SMILES string of the molecule is CCC(CC)C(=O)N1CCCN(C(=O)c2ccccc2Br)CC1. The third-order valence-electron chi connectivity index (χ3n) is 4.53. The molecule has 23 heavy (non-hydrogen) atoms. The third kappa shape index (κ3) is 4.34. The van der Waals surface area contributed by atoms with Crippen LogP contribution < -0.4 is 0 Å². The minimum Gasteiger partial charge on any atom is -0.341 e. The van der Waals surface area contributed by atoms with E-state index < -0.39 is 0 Å². The van der Waals surface area contributed by atoms with Gasteiger partial charge in [0, 0.05) is 36.6 Å². The number of hydrogen-bond acceptors (Lipinski definition) is 2. The molecule has 0 bridgehead atoms. The van der Waals surface area contributed by atoms with Crippen molar-refractivity contribution in [3.05, 3.63) is 34.3 Å². The first kappa shape index (κ1) is 18.0. The smallest absolute Gasteiger partial charge is 0.255 e. The Morgan fingerprint density at radius 3 is 2.30 bits per heavy atom. The first-order valence-corrected chi connectivity index (χ1v) is 9.20. The Bertz CT molecular complexity index is 558. The Morgan fingerprint density at radius 1 is 1.04 bits per heavy atom. The molecule has 1 aliphatic heterocycles. The minimum absolute atomic E-state index is 0.0364. The number of carbonyl (C=O) groups is 2. The van der Waals surface area contributed by atoms with Gasteiger partial charge in [-0.1, -0.05) is 26.0 Å². The van der Waals surface area contributed by atoms with E-state index in [0.717, 1.165) is 30.3 Å². The molecule has 0 unspecified atom stereocenters. The summed E-state index contributed by atoms with van der Waals surface area (Å²) >= 11 is 3.44. The van der Waals surface area contributed by atoms with Gasteiger partial charge in [-0.2, -0.15) is 0 Å². The maximum atomic E-state index is 12.7. The van der Waals surface area contributed by atoms with Crippen LogP contribution in [0.3, 0.4) is 0 Å². The van der Waals surface area contributed by atoms with Gasteiger partial charge in [0.15, 0.2) is 0 Å². The first-order chi connectivity index (χ1) is 11.1. The summed E-state index contributed by atoms with van der Waals surface area (Å²) < 4.78 is 0.819. The van der Waals surface area contributed by atoms with Crippen LogP contribution in [0.2, 0.25) is 0 Å². The van der Waals surface area contributed by atoms with Gasteiger partial charge in [-0.15, -0.1) is 0 Å². The molecule has 5 heteroatoms. The van der Waals surface area contributed by atoms with E-state index in [9.17, 15) is 9.59 Å². The van der Waals surface area contributed by atoms with Crippen LogP contribution in [0.4, 0.5) is 0 Å². The number of rotatable bonds is 4. The quantitative estimate of drug-likeness (QED) is 0.800.